The Bertz CT molecular complexity index is 2570. The summed E-state index contributed by atoms with van der Waals surface area (Å²) in [6, 6.07) is 53.0. The minimum absolute atomic E-state index is 0.390. The highest BCUT2D eigenvalue weighted by atomic mass is 15.3. The summed E-state index contributed by atoms with van der Waals surface area (Å²) < 4.78 is 0. The predicted molar refractivity (Wildman–Crippen MR) is 205 cm³/mol. The molecule has 7 aromatic carbocycles. The van der Waals surface area contributed by atoms with E-state index in [1.54, 1.807) is 12.4 Å². The lowest BCUT2D eigenvalue weighted by Crippen LogP contribution is -2.21. The molecule has 49 heavy (non-hydrogen) atoms. The lowest BCUT2D eigenvalue weighted by Gasteiger charge is -2.24. The number of hydrogen-bond acceptors (Lipinski definition) is 4. The van der Waals surface area contributed by atoms with Gasteiger partial charge in [0.1, 0.15) is 5.71 Å². The first-order valence-electron chi connectivity index (χ1n) is 16.4. The summed E-state index contributed by atoms with van der Waals surface area (Å²) in [7, 11) is 0. The monoisotopic (exact) mass is 626 g/mol. The fourth-order valence-electron chi connectivity index (χ4n) is 7.21. The molecule has 0 fully saturated rings. The maximum Gasteiger partial charge on any atom is 0.109 e. The van der Waals surface area contributed by atoms with Gasteiger partial charge in [-0.3, -0.25) is 15.8 Å². The van der Waals surface area contributed by atoms with E-state index in [1.807, 2.05) is 36.4 Å². The second-order valence-corrected chi connectivity index (χ2v) is 12.3. The number of rotatable bonds is 5. The number of nitrogens with one attached hydrogen (secondary N) is 2. The number of nitrogens with zero attached hydrogens (tertiary/aromatic N) is 2. The van der Waals surface area contributed by atoms with Crippen LogP contribution in [0.1, 0.15) is 16.7 Å². The number of hydrogen-bond donors (Lipinski definition) is 2. The lowest BCUT2D eigenvalue weighted by molar-refractivity contribution is 1.32. The number of aromatic nitrogens is 1. The van der Waals surface area contributed by atoms with Gasteiger partial charge in [0.15, 0.2) is 0 Å². The molecule has 0 unspecified atom stereocenters. The van der Waals surface area contributed by atoms with Crippen LogP contribution in [0.15, 0.2) is 175 Å². The molecule has 0 saturated heterocycles. The molecular formula is C45H30N4. The first-order valence-corrected chi connectivity index (χ1v) is 16.4. The van der Waals surface area contributed by atoms with E-state index in [1.165, 1.54) is 32.7 Å². The molecule has 4 nitrogen and oxygen atoms in total. The minimum atomic E-state index is 0.390. The number of fused-ring (bicyclic) bond motifs is 4. The van der Waals surface area contributed by atoms with Crippen LogP contribution in [0.4, 0.5) is 5.69 Å². The van der Waals surface area contributed by atoms with Gasteiger partial charge in [0.25, 0.3) is 0 Å². The first-order chi connectivity index (χ1) is 24.2. The summed E-state index contributed by atoms with van der Waals surface area (Å²) in [4.78, 5) is 4.13. The second-order valence-electron chi connectivity index (χ2n) is 12.3. The van der Waals surface area contributed by atoms with Crippen molar-refractivity contribution in [3.05, 3.63) is 187 Å². The van der Waals surface area contributed by atoms with Gasteiger partial charge < -0.3 is 0 Å². The average Bonchev–Trinajstić information content (AvgIpc) is 3.17. The smallest absolute Gasteiger partial charge is 0.109 e. The number of anilines is 1. The van der Waals surface area contributed by atoms with Crippen molar-refractivity contribution in [1.29, 1.82) is 5.41 Å². The Labute approximate surface area is 284 Å². The van der Waals surface area contributed by atoms with E-state index in [0.29, 0.717) is 11.4 Å². The number of benzene rings is 7. The highest BCUT2D eigenvalue weighted by molar-refractivity contribution is 6.54. The van der Waals surface area contributed by atoms with E-state index in [9.17, 15) is 5.41 Å². The van der Waals surface area contributed by atoms with Gasteiger partial charge >= 0.3 is 0 Å². The van der Waals surface area contributed by atoms with Crippen LogP contribution in [0.3, 0.4) is 0 Å². The normalized spacial score (nSPS) is 13.5. The van der Waals surface area contributed by atoms with E-state index in [0.717, 1.165) is 49.9 Å². The molecule has 230 valence electrons. The lowest BCUT2D eigenvalue weighted by atomic mass is 9.79. The number of hydrazone groups is 1. The van der Waals surface area contributed by atoms with Crippen molar-refractivity contribution in [2.45, 2.75) is 0 Å². The summed E-state index contributed by atoms with van der Waals surface area (Å²) in [5.74, 6) is 0. The molecule has 0 radical (unpaired) electrons. The van der Waals surface area contributed by atoms with Crippen LogP contribution in [0, 0.1) is 5.41 Å². The topological polar surface area (TPSA) is 61.1 Å². The predicted octanol–water partition coefficient (Wildman–Crippen LogP) is 11.2. The van der Waals surface area contributed by atoms with Gasteiger partial charge in [-0.05, 0) is 102 Å². The van der Waals surface area contributed by atoms with E-state index in [4.69, 9.17) is 5.10 Å². The van der Waals surface area contributed by atoms with Crippen molar-refractivity contribution in [3.8, 4) is 22.3 Å². The molecule has 0 atom stereocenters. The number of pyridine rings is 1. The molecule has 4 heteroatoms. The van der Waals surface area contributed by atoms with Gasteiger partial charge in [-0.25, -0.2) is 0 Å². The van der Waals surface area contributed by atoms with Crippen LogP contribution in [-0.2, 0) is 0 Å². The molecule has 0 spiro atoms. The molecule has 0 aliphatic heterocycles. The first kappa shape index (κ1) is 28.6. The summed E-state index contributed by atoms with van der Waals surface area (Å²) in [6.45, 7) is 0. The fraction of sp³-hybridized carbons (Fsp3) is 0. The Morgan fingerprint density at radius 2 is 1.00 bits per heavy atom. The summed E-state index contributed by atoms with van der Waals surface area (Å²) in [6.07, 6.45) is 5.68. The summed E-state index contributed by atoms with van der Waals surface area (Å²) in [5.41, 5.74) is 13.8. The highest BCUT2D eigenvalue weighted by Gasteiger charge is 2.26. The third-order valence-electron chi connectivity index (χ3n) is 9.49. The minimum Gasteiger partial charge on any atom is -0.298 e. The van der Waals surface area contributed by atoms with Crippen LogP contribution < -0.4 is 5.43 Å². The standard InChI is InChI=1S/C45H30N4/c46-45-40-18-8-3-13-34(40)41(28-42(45)49-48-32-22-20-29(21-23-32)30-24-26-47-27-25-30)44-38-16-6-4-14-36(38)43(37-15-5-7-17-39(37)44)35-19-9-11-31-10-1-2-12-33(31)35/h1-28,46,48H/b46-45?,49-42-. The van der Waals surface area contributed by atoms with Crippen molar-refractivity contribution in [2.24, 2.45) is 5.10 Å². The summed E-state index contributed by atoms with van der Waals surface area (Å²) >= 11 is 0. The molecule has 0 saturated carbocycles. The van der Waals surface area contributed by atoms with Gasteiger partial charge in [0, 0.05) is 18.0 Å². The fourth-order valence-corrected chi connectivity index (χ4v) is 7.21. The van der Waals surface area contributed by atoms with Crippen molar-refractivity contribution in [2.75, 3.05) is 5.43 Å². The molecule has 0 amide bonds. The zero-order valence-corrected chi connectivity index (χ0v) is 26.6. The van der Waals surface area contributed by atoms with Gasteiger partial charge in [0.05, 0.1) is 11.4 Å². The Kier molecular flexibility index (Phi) is 6.91. The van der Waals surface area contributed by atoms with Crippen LogP contribution >= 0.6 is 0 Å². The molecule has 0 bridgehead atoms. The largest absolute Gasteiger partial charge is 0.298 e. The van der Waals surface area contributed by atoms with Gasteiger partial charge in [-0.15, -0.1) is 0 Å². The van der Waals surface area contributed by atoms with Gasteiger partial charge in [-0.1, -0.05) is 127 Å². The van der Waals surface area contributed by atoms with Crippen molar-refractivity contribution in [1.82, 2.24) is 4.98 Å². The van der Waals surface area contributed by atoms with Crippen molar-refractivity contribution < 1.29 is 0 Å². The SMILES string of the molecule is N=C1/C(=N\Nc2ccc(-c3ccncc3)cc2)C=C(c2c3ccccc3c(-c3cccc4ccccc34)c3ccccc23)c2ccccc21. The van der Waals surface area contributed by atoms with Crippen LogP contribution in [-0.4, -0.2) is 16.4 Å². The number of allylic oxidation sites excluding steroid dienone is 1. The zero-order valence-electron chi connectivity index (χ0n) is 26.6. The Morgan fingerprint density at radius 3 is 1.69 bits per heavy atom. The summed E-state index contributed by atoms with van der Waals surface area (Å²) in [5, 5.41) is 21.2. The second kappa shape index (κ2) is 11.9. The Hall–Kier alpha value is -6.65. The van der Waals surface area contributed by atoms with E-state index >= 15 is 0 Å². The molecule has 1 heterocycles. The van der Waals surface area contributed by atoms with Gasteiger partial charge in [-0.2, -0.15) is 5.10 Å². The molecular weight excluding hydrogens is 597 g/mol. The molecule has 9 rings (SSSR count). The van der Waals surface area contributed by atoms with Crippen LogP contribution in [0.5, 0.6) is 0 Å². The van der Waals surface area contributed by atoms with E-state index in [-0.39, 0.29) is 0 Å². The van der Waals surface area contributed by atoms with Gasteiger partial charge in [0.2, 0.25) is 0 Å². The van der Waals surface area contributed by atoms with Crippen molar-refractivity contribution >= 4 is 55.0 Å². The van der Waals surface area contributed by atoms with Crippen LogP contribution in [0.25, 0.3) is 60.1 Å². The maximum atomic E-state index is 9.22. The Balaban J connectivity index is 1.24. The molecule has 1 aromatic heterocycles. The zero-order chi connectivity index (χ0) is 32.7. The van der Waals surface area contributed by atoms with Crippen LogP contribution in [0.2, 0.25) is 0 Å². The molecule has 1 aliphatic rings. The van der Waals surface area contributed by atoms with E-state index < -0.39 is 0 Å². The molecule has 2 N–H and O–H groups in total. The molecule has 1 aliphatic carbocycles. The molecule has 8 aromatic rings. The Morgan fingerprint density at radius 1 is 0.469 bits per heavy atom. The van der Waals surface area contributed by atoms with E-state index in [2.05, 4.69) is 132 Å². The maximum absolute atomic E-state index is 9.22. The third kappa shape index (κ3) is 4.90. The van der Waals surface area contributed by atoms with Crippen molar-refractivity contribution in [3.63, 3.8) is 0 Å². The average molecular weight is 627 g/mol. The third-order valence-corrected chi connectivity index (χ3v) is 9.49. The quantitative estimate of drug-likeness (QED) is 0.147. The highest BCUT2D eigenvalue weighted by Crippen LogP contribution is 2.46.